The molecule has 6 nitrogen and oxygen atoms in total. The van der Waals surface area contributed by atoms with Crippen molar-refractivity contribution in [2.75, 3.05) is 26.3 Å². The fraction of sp³-hybridized carbons (Fsp3) is 0.375. The Hall–Kier alpha value is -2.48. The number of hydrogen-bond acceptors (Lipinski definition) is 3. The minimum Gasteiger partial charge on any atom is -0.378 e. The number of ether oxygens (including phenoxy) is 1. The van der Waals surface area contributed by atoms with Gasteiger partial charge in [-0.1, -0.05) is 6.07 Å². The summed E-state index contributed by atoms with van der Waals surface area (Å²) >= 11 is 0. The van der Waals surface area contributed by atoms with Gasteiger partial charge in [0.2, 0.25) is 0 Å². The maximum absolute atomic E-state index is 13.6. The van der Waals surface area contributed by atoms with E-state index in [2.05, 4.69) is 10.3 Å². The van der Waals surface area contributed by atoms with E-state index in [0.717, 1.165) is 12.1 Å². The minimum absolute atomic E-state index is 0.295. The van der Waals surface area contributed by atoms with Crippen LogP contribution in [0.1, 0.15) is 17.4 Å². The van der Waals surface area contributed by atoms with E-state index in [1.807, 2.05) is 0 Å². The van der Waals surface area contributed by atoms with Gasteiger partial charge in [-0.25, -0.2) is 18.6 Å². The number of halogens is 2. The van der Waals surface area contributed by atoms with Crippen LogP contribution in [0.4, 0.5) is 13.6 Å². The van der Waals surface area contributed by atoms with E-state index in [0.29, 0.717) is 37.7 Å². The minimum atomic E-state index is -0.965. The molecule has 2 amide bonds. The highest BCUT2D eigenvalue weighted by Crippen LogP contribution is 2.22. The predicted octanol–water partition coefficient (Wildman–Crippen LogP) is 1.83. The summed E-state index contributed by atoms with van der Waals surface area (Å²) in [4.78, 5) is 18.4. The number of nitrogens with one attached hydrogen (secondary N) is 1. The maximum atomic E-state index is 13.6. The van der Waals surface area contributed by atoms with Gasteiger partial charge in [-0.15, -0.1) is 0 Å². The summed E-state index contributed by atoms with van der Waals surface area (Å²) in [5.74, 6) is -1.37. The Balaban J connectivity index is 1.89. The number of morpholine rings is 1. The standard InChI is InChI=1S/C16H18F2N4O2/c1-21-5-4-19-15(21)14(11-2-3-12(17)13(18)10-11)20-16(23)22-6-8-24-9-7-22/h2-5,10,14H,6-9H2,1H3,(H,20,23). The van der Waals surface area contributed by atoms with Crippen LogP contribution in [0, 0.1) is 11.6 Å². The van der Waals surface area contributed by atoms with Gasteiger partial charge in [0.25, 0.3) is 0 Å². The largest absolute Gasteiger partial charge is 0.378 e. The Labute approximate surface area is 138 Å². The van der Waals surface area contributed by atoms with Crippen LogP contribution in [0.3, 0.4) is 0 Å². The van der Waals surface area contributed by atoms with Crippen LogP contribution in [0.25, 0.3) is 0 Å². The predicted molar refractivity (Wildman–Crippen MR) is 82.3 cm³/mol. The molecule has 24 heavy (non-hydrogen) atoms. The first kappa shape index (κ1) is 16.4. The molecule has 1 N–H and O–H groups in total. The van der Waals surface area contributed by atoms with Gasteiger partial charge in [-0.2, -0.15) is 0 Å². The highest BCUT2D eigenvalue weighted by Gasteiger charge is 2.25. The van der Waals surface area contributed by atoms with Crippen molar-refractivity contribution < 1.29 is 18.3 Å². The number of rotatable bonds is 3. The molecule has 1 aromatic heterocycles. The number of carbonyl (C=O) groups excluding carboxylic acids is 1. The molecule has 2 heterocycles. The van der Waals surface area contributed by atoms with Crippen LogP contribution >= 0.6 is 0 Å². The van der Waals surface area contributed by atoms with Gasteiger partial charge in [0.1, 0.15) is 11.9 Å². The summed E-state index contributed by atoms with van der Waals surface area (Å²) in [5.41, 5.74) is 0.421. The van der Waals surface area contributed by atoms with Gasteiger partial charge in [0.15, 0.2) is 11.6 Å². The second-order valence-corrected chi connectivity index (χ2v) is 5.55. The van der Waals surface area contributed by atoms with Gasteiger partial charge in [-0.3, -0.25) is 0 Å². The zero-order valence-electron chi connectivity index (χ0n) is 13.2. The van der Waals surface area contributed by atoms with Crippen LogP contribution in [0.5, 0.6) is 0 Å². The smallest absolute Gasteiger partial charge is 0.318 e. The molecule has 1 saturated heterocycles. The van der Waals surface area contributed by atoms with Crippen molar-refractivity contribution >= 4 is 6.03 Å². The number of imidazole rings is 1. The number of amides is 2. The van der Waals surface area contributed by atoms with E-state index in [-0.39, 0.29) is 6.03 Å². The van der Waals surface area contributed by atoms with Gasteiger partial charge in [-0.05, 0) is 17.7 Å². The van der Waals surface area contributed by atoms with E-state index in [4.69, 9.17) is 4.74 Å². The molecule has 0 spiro atoms. The summed E-state index contributed by atoms with van der Waals surface area (Å²) in [7, 11) is 1.77. The molecule has 0 radical (unpaired) electrons. The number of benzene rings is 1. The monoisotopic (exact) mass is 336 g/mol. The van der Waals surface area contributed by atoms with Crippen LogP contribution in [0.2, 0.25) is 0 Å². The van der Waals surface area contributed by atoms with Crippen molar-refractivity contribution in [3.63, 3.8) is 0 Å². The molecule has 0 bridgehead atoms. The molecule has 1 aliphatic heterocycles. The molecule has 0 aliphatic carbocycles. The van der Waals surface area contributed by atoms with Crippen LogP contribution in [-0.2, 0) is 11.8 Å². The third-order valence-electron chi connectivity index (χ3n) is 3.96. The summed E-state index contributed by atoms with van der Waals surface area (Å²) in [5, 5.41) is 2.85. The molecular formula is C16H18F2N4O2. The summed E-state index contributed by atoms with van der Waals surface area (Å²) in [6.45, 7) is 1.92. The Kier molecular flexibility index (Phi) is 4.75. The number of nitrogens with zero attached hydrogens (tertiary/aromatic N) is 3. The van der Waals surface area contributed by atoms with Crippen molar-refractivity contribution in [1.82, 2.24) is 19.8 Å². The van der Waals surface area contributed by atoms with Gasteiger partial charge in [0.05, 0.1) is 13.2 Å². The van der Waals surface area contributed by atoms with E-state index in [9.17, 15) is 13.6 Å². The average Bonchev–Trinajstić information content (AvgIpc) is 3.01. The highest BCUT2D eigenvalue weighted by atomic mass is 19.2. The maximum Gasteiger partial charge on any atom is 0.318 e. The Morgan fingerprint density at radius 1 is 1.29 bits per heavy atom. The zero-order chi connectivity index (χ0) is 17.1. The van der Waals surface area contributed by atoms with E-state index >= 15 is 0 Å². The summed E-state index contributed by atoms with van der Waals surface area (Å²) in [6.07, 6.45) is 3.31. The molecule has 128 valence electrons. The average molecular weight is 336 g/mol. The molecule has 3 rings (SSSR count). The lowest BCUT2D eigenvalue weighted by molar-refractivity contribution is 0.0527. The molecule has 1 aromatic carbocycles. The Morgan fingerprint density at radius 2 is 2.04 bits per heavy atom. The Morgan fingerprint density at radius 3 is 2.67 bits per heavy atom. The molecule has 8 heteroatoms. The summed E-state index contributed by atoms with van der Waals surface area (Å²) in [6, 6.07) is 2.58. The third-order valence-corrected chi connectivity index (χ3v) is 3.96. The first-order valence-electron chi connectivity index (χ1n) is 7.61. The molecule has 1 fully saturated rings. The molecule has 1 atom stereocenters. The van der Waals surface area contributed by atoms with E-state index < -0.39 is 17.7 Å². The molecule has 0 saturated carbocycles. The number of aryl methyl sites for hydroxylation is 1. The second-order valence-electron chi connectivity index (χ2n) is 5.55. The second kappa shape index (κ2) is 6.96. The molecular weight excluding hydrogens is 318 g/mol. The molecule has 1 unspecified atom stereocenters. The third kappa shape index (κ3) is 3.38. The zero-order valence-corrected chi connectivity index (χ0v) is 13.2. The van der Waals surface area contributed by atoms with E-state index in [1.165, 1.54) is 6.07 Å². The van der Waals surface area contributed by atoms with E-state index in [1.54, 1.807) is 28.9 Å². The van der Waals surface area contributed by atoms with Gasteiger partial charge < -0.3 is 19.5 Å². The highest BCUT2D eigenvalue weighted by molar-refractivity contribution is 5.75. The topological polar surface area (TPSA) is 59.4 Å². The van der Waals surface area contributed by atoms with Crippen molar-refractivity contribution in [2.24, 2.45) is 7.05 Å². The van der Waals surface area contributed by atoms with Crippen LogP contribution in [0.15, 0.2) is 30.6 Å². The lowest BCUT2D eigenvalue weighted by atomic mass is 10.1. The van der Waals surface area contributed by atoms with Crippen molar-refractivity contribution in [2.45, 2.75) is 6.04 Å². The number of hydrogen-bond donors (Lipinski definition) is 1. The van der Waals surface area contributed by atoms with Crippen molar-refractivity contribution in [1.29, 1.82) is 0 Å². The Bertz CT molecular complexity index is 729. The first-order chi connectivity index (χ1) is 11.6. The lowest BCUT2D eigenvalue weighted by Crippen LogP contribution is -2.47. The summed E-state index contributed by atoms with van der Waals surface area (Å²) < 4.78 is 33.8. The van der Waals surface area contributed by atoms with Crippen molar-refractivity contribution in [3.05, 3.63) is 53.6 Å². The number of urea groups is 1. The quantitative estimate of drug-likeness (QED) is 0.930. The SMILES string of the molecule is Cn1ccnc1C(NC(=O)N1CCOCC1)c1ccc(F)c(F)c1. The molecule has 1 aliphatic rings. The van der Waals surface area contributed by atoms with Crippen LogP contribution in [-0.4, -0.2) is 46.8 Å². The first-order valence-corrected chi connectivity index (χ1v) is 7.61. The van der Waals surface area contributed by atoms with Gasteiger partial charge >= 0.3 is 6.03 Å². The lowest BCUT2D eigenvalue weighted by Gasteiger charge is -2.29. The fourth-order valence-corrected chi connectivity index (χ4v) is 2.63. The van der Waals surface area contributed by atoms with Crippen molar-refractivity contribution in [3.8, 4) is 0 Å². The normalized spacial score (nSPS) is 16.0. The molecule has 2 aromatic rings. The van der Waals surface area contributed by atoms with Crippen LogP contribution < -0.4 is 5.32 Å². The van der Waals surface area contributed by atoms with Gasteiger partial charge in [0, 0.05) is 32.5 Å². The number of carbonyl (C=O) groups is 1. The number of aromatic nitrogens is 2. The fourth-order valence-electron chi connectivity index (χ4n) is 2.63.